The summed E-state index contributed by atoms with van der Waals surface area (Å²) in [5.41, 5.74) is 0.490. The molecule has 1 heterocycles. The SMILES string of the molecule is CCCCCCNC(=O)Nc1cccc(S(=O)(=O)N2CCCCC2)c1. The van der Waals surface area contributed by atoms with Crippen molar-refractivity contribution in [1.82, 2.24) is 9.62 Å². The van der Waals surface area contributed by atoms with Crippen LogP contribution in [-0.4, -0.2) is 38.4 Å². The lowest BCUT2D eigenvalue weighted by molar-refractivity contribution is 0.252. The van der Waals surface area contributed by atoms with E-state index in [1.165, 1.54) is 16.8 Å². The van der Waals surface area contributed by atoms with Crippen molar-refractivity contribution in [2.24, 2.45) is 0 Å². The molecule has 1 aliphatic rings. The first kappa shape index (κ1) is 19.7. The average molecular weight is 368 g/mol. The predicted molar refractivity (Wildman–Crippen MR) is 100 cm³/mol. The Morgan fingerprint density at radius 3 is 2.60 bits per heavy atom. The molecule has 0 aromatic heterocycles. The third kappa shape index (κ3) is 6.01. The van der Waals surface area contributed by atoms with Crippen molar-refractivity contribution in [1.29, 1.82) is 0 Å². The Morgan fingerprint density at radius 1 is 1.12 bits per heavy atom. The minimum Gasteiger partial charge on any atom is -0.338 e. The highest BCUT2D eigenvalue weighted by atomic mass is 32.2. The van der Waals surface area contributed by atoms with Crippen LogP contribution >= 0.6 is 0 Å². The third-order valence-corrected chi connectivity index (χ3v) is 6.26. The molecule has 7 heteroatoms. The van der Waals surface area contributed by atoms with Crippen LogP contribution in [-0.2, 0) is 10.0 Å². The normalized spacial score (nSPS) is 15.7. The highest BCUT2D eigenvalue weighted by Gasteiger charge is 2.26. The molecule has 0 spiro atoms. The molecule has 0 aliphatic carbocycles. The van der Waals surface area contributed by atoms with Crippen molar-refractivity contribution in [2.45, 2.75) is 56.8 Å². The summed E-state index contributed by atoms with van der Waals surface area (Å²) in [6, 6.07) is 6.17. The van der Waals surface area contributed by atoms with Gasteiger partial charge in [-0.25, -0.2) is 13.2 Å². The van der Waals surface area contributed by atoms with E-state index in [0.29, 0.717) is 25.3 Å². The van der Waals surface area contributed by atoms with Crippen LogP contribution in [0.1, 0.15) is 51.9 Å². The van der Waals surface area contributed by atoms with Gasteiger partial charge < -0.3 is 10.6 Å². The van der Waals surface area contributed by atoms with Crippen molar-refractivity contribution < 1.29 is 13.2 Å². The molecule has 140 valence electrons. The topological polar surface area (TPSA) is 78.5 Å². The summed E-state index contributed by atoms with van der Waals surface area (Å²) in [6.07, 6.45) is 7.25. The smallest absolute Gasteiger partial charge is 0.319 e. The maximum absolute atomic E-state index is 12.7. The number of hydrogen-bond donors (Lipinski definition) is 2. The zero-order chi connectivity index (χ0) is 18.1. The van der Waals surface area contributed by atoms with E-state index in [4.69, 9.17) is 0 Å². The van der Waals surface area contributed by atoms with Crippen LogP contribution in [0.5, 0.6) is 0 Å². The molecule has 1 aromatic rings. The minimum atomic E-state index is -3.49. The number of hydrogen-bond acceptors (Lipinski definition) is 3. The zero-order valence-corrected chi connectivity index (χ0v) is 15.8. The molecule has 0 radical (unpaired) electrons. The number of nitrogens with one attached hydrogen (secondary N) is 2. The van der Waals surface area contributed by atoms with Gasteiger partial charge in [0.1, 0.15) is 0 Å². The fourth-order valence-corrected chi connectivity index (χ4v) is 4.48. The van der Waals surface area contributed by atoms with Gasteiger partial charge in [-0.15, -0.1) is 0 Å². The van der Waals surface area contributed by atoms with E-state index >= 15 is 0 Å². The van der Waals surface area contributed by atoms with E-state index in [9.17, 15) is 13.2 Å². The lowest BCUT2D eigenvalue weighted by atomic mass is 10.2. The molecule has 2 amide bonds. The Labute approximate surface area is 151 Å². The summed E-state index contributed by atoms with van der Waals surface area (Å²) >= 11 is 0. The van der Waals surface area contributed by atoms with Gasteiger partial charge in [-0.05, 0) is 37.5 Å². The van der Waals surface area contributed by atoms with Gasteiger partial charge in [-0.2, -0.15) is 4.31 Å². The third-order valence-electron chi connectivity index (χ3n) is 4.36. The largest absolute Gasteiger partial charge is 0.338 e. The standard InChI is InChI=1S/C18H29N3O3S/c1-2-3-4-6-12-19-18(22)20-16-10-9-11-17(15-16)25(23,24)21-13-7-5-8-14-21/h9-11,15H,2-8,12-14H2,1H3,(H2,19,20,22). The highest BCUT2D eigenvalue weighted by Crippen LogP contribution is 2.22. The first-order chi connectivity index (χ1) is 12.0. The Hall–Kier alpha value is -1.60. The fraction of sp³-hybridized carbons (Fsp3) is 0.611. The van der Waals surface area contributed by atoms with E-state index in [0.717, 1.165) is 38.5 Å². The fourth-order valence-electron chi connectivity index (χ4n) is 2.92. The van der Waals surface area contributed by atoms with Crippen molar-refractivity contribution in [2.75, 3.05) is 25.0 Å². The van der Waals surface area contributed by atoms with Crippen LogP contribution in [0.15, 0.2) is 29.2 Å². The van der Waals surface area contributed by atoms with Crippen LogP contribution in [0.4, 0.5) is 10.5 Å². The average Bonchev–Trinajstić information content (AvgIpc) is 2.62. The monoisotopic (exact) mass is 367 g/mol. The summed E-state index contributed by atoms with van der Waals surface area (Å²) < 4.78 is 26.9. The number of sulfonamides is 1. The number of nitrogens with zero attached hydrogens (tertiary/aromatic N) is 1. The molecule has 1 fully saturated rings. The molecule has 0 atom stereocenters. The maximum atomic E-state index is 12.7. The van der Waals surface area contributed by atoms with Crippen LogP contribution < -0.4 is 10.6 Å². The van der Waals surface area contributed by atoms with E-state index in [2.05, 4.69) is 17.6 Å². The van der Waals surface area contributed by atoms with Gasteiger partial charge in [0.05, 0.1) is 4.90 Å². The Kier molecular flexibility index (Phi) is 7.71. The zero-order valence-electron chi connectivity index (χ0n) is 15.0. The molecule has 0 saturated carbocycles. The van der Waals surface area contributed by atoms with Crippen molar-refractivity contribution >= 4 is 21.7 Å². The van der Waals surface area contributed by atoms with Crippen molar-refractivity contribution in [3.8, 4) is 0 Å². The van der Waals surface area contributed by atoms with Gasteiger partial charge >= 0.3 is 6.03 Å². The molecule has 25 heavy (non-hydrogen) atoms. The summed E-state index contributed by atoms with van der Waals surface area (Å²) in [4.78, 5) is 12.2. The Morgan fingerprint density at radius 2 is 1.88 bits per heavy atom. The Balaban J connectivity index is 1.93. The number of anilines is 1. The minimum absolute atomic E-state index is 0.232. The number of carbonyl (C=O) groups excluding carboxylic acids is 1. The van der Waals surface area contributed by atoms with E-state index < -0.39 is 10.0 Å². The maximum Gasteiger partial charge on any atom is 0.319 e. The van der Waals surface area contributed by atoms with Crippen LogP contribution in [0.3, 0.4) is 0 Å². The van der Waals surface area contributed by atoms with Gasteiger partial charge in [0.2, 0.25) is 10.0 Å². The number of urea groups is 1. The van der Waals surface area contributed by atoms with E-state index in [-0.39, 0.29) is 10.9 Å². The first-order valence-electron chi connectivity index (χ1n) is 9.19. The summed E-state index contributed by atoms with van der Waals surface area (Å²) in [7, 11) is -3.49. The second-order valence-electron chi connectivity index (χ2n) is 6.43. The lowest BCUT2D eigenvalue weighted by Gasteiger charge is -2.26. The van der Waals surface area contributed by atoms with E-state index in [1.807, 2.05) is 0 Å². The van der Waals surface area contributed by atoms with Crippen LogP contribution in [0.25, 0.3) is 0 Å². The molecule has 2 N–H and O–H groups in total. The van der Waals surface area contributed by atoms with Gasteiger partial charge in [-0.1, -0.05) is 38.7 Å². The Bertz CT molecular complexity index is 655. The number of carbonyl (C=O) groups is 1. The second-order valence-corrected chi connectivity index (χ2v) is 8.37. The summed E-state index contributed by atoms with van der Waals surface area (Å²) in [5.74, 6) is 0. The number of amides is 2. The first-order valence-corrected chi connectivity index (χ1v) is 10.6. The number of piperidine rings is 1. The molecular weight excluding hydrogens is 338 g/mol. The molecule has 0 unspecified atom stereocenters. The van der Waals surface area contributed by atoms with E-state index in [1.54, 1.807) is 18.2 Å². The highest BCUT2D eigenvalue weighted by molar-refractivity contribution is 7.89. The number of unbranched alkanes of at least 4 members (excludes halogenated alkanes) is 3. The van der Waals surface area contributed by atoms with Gasteiger partial charge in [0.25, 0.3) is 0 Å². The van der Waals surface area contributed by atoms with Gasteiger partial charge in [-0.3, -0.25) is 0 Å². The molecule has 1 saturated heterocycles. The number of rotatable bonds is 8. The van der Waals surface area contributed by atoms with Crippen molar-refractivity contribution in [3.05, 3.63) is 24.3 Å². The molecule has 0 bridgehead atoms. The molecule has 2 rings (SSSR count). The summed E-state index contributed by atoms with van der Waals surface area (Å²) in [5, 5.41) is 5.52. The van der Waals surface area contributed by atoms with Crippen LogP contribution in [0, 0.1) is 0 Å². The quantitative estimate of drug-likeness (QED) is 0.690. The molecule has 1 aromatic carbocycles. The predicted octanol–water partition coefficient (Wildman–Crippen LogP) is 3.56. The number of benzene rings is 1. The van der Waals surface area contributed by atoms with Gasteiger partial charge in [0.15, 0.2) is 0 Å². The van der Waals surface area contributed by atoms with Crippen LogP contribution in [0.2, 0.25) is 0 Å². The molecular formula is C18H29N3O3S. The molecule has 6 nitrogen and oxygen atoms in total. The molecule has 1 aliphatic heterocycles. The summed E-state index contributed by atoms with van der Waals surface area (Å²) in [6.45, 7) is 3.90. The second kappa shape index (κ2) is 9.77. The lowest BCUT2D eigenvalue weighted by Crippen LogP contribution is -2.35. The van der Waals surface area contributed by atoms with Crippen molar-refractivity contribution in [3.63, 3.8) is 0 Å². The van der Waals surface area contributed by atoms with Gasteiger partial charge in [0, 0.05) is 25.3 Å².